The molecular formula is C18H19F4N3O3. The van der Waals surface area contributed by atoms with Crippen LogP contribution in [0.5, 0.6) is 0 Å². The van der Waals surface area contributed by atoms with Crippen LogP contribution in [0.1, 0.15) is 34.8 Å². The molecule has 10 heteroatoms. The van der Waals surface area contributed by atoms with Crippen LogP contribution < -0.4 is 16.1 Å². The molecule has 6 nitrogen and oxygen atoms in total. The third-order valence-corrected chi connectivity index (χ3v) is 5.06. The van der Waals surface area contributed by atoms with Crippen molar-refractivity contribution in [3.8, 4) is 0 Å². The molecule has 28 heavy (non-hydrogen) atoms. The number of anilines is 1. The molecule has 3 N–H and O–H groups in total. The molecule has 1 unspecified atom stereocenters. The second kappa shape index (κ2) is 6.77. The summed E-state index contributed by atoms with van der Waals surface area (Å²) in [4.78, 5) is 25.2. The molecule has 1 saturated heterocycles. The van der Waals surface area contributed by atoms with Crippen LogP contribution in [0.25, 0.3) is 10.9 Å². The van der Waals surface area contributed by atoms with E-state index >= 15 is 4.39 Å². The quantitative estimate of drug-likeness (QED) is 0.773. The number of nitrogens with zero attached hydrogens (tertiary/aromatic N) is 2. The van der Waals surface area contributed by atoms with Gasteiger partial charge in [-0.05, 0) is 20.3 Å². The number of nitrogens with two attached hydrogens (primary N) is 1. The molecule has 1 aliphatic heterocycles. The van der Waals surface area contributed by atoms with Gasteiger partial charge >= 0.3 is 12.1 Å². The second-order valence-electron chi connectivity index (χ2n) is 6.84. The minimum absolute atomic E-state index is 0.0375. The van der Waals surface area contributed by atoms with E-state index in [0.29, 0.717) is 6.42 Å². The van der Waals surface area contributed by atoms with Crippen molar-refractivity contribution in [1.82, 2.24) is 4.57 Å². The second-order valence-corrected chi connectivity index (χ2v) is 6.84. The Morgan fingerprint density at radius 3 is 2.50 bits per heavy atom. The molecule has 2 heterocycles. The van der Waals surface area contributed by atoms with E-state index in [1.54, 1.807) is 0 Å². The van der Waals surface area contributed by atoms with Crippen molar-refractivity contribution in [1.29, 1.82) is 0 Å². The van der Waals surface area contributed by atoms with E-state index in [1.165, 1.54) is 18.7 Å². The SMILES string of the molecule is CCn1cc(C(=O)O)c(=O)c2c(C)c(F)c(N3CCC(N)C3)c(C(F)(F)F)c21. The molecule has 1 fully saturated rings. The number of carboxylic acid groups (broad SMARTS) is 1. The first-order valence-electron chi connectivity index (χ1n) is 8.69. The molecule has 0 aliphatic carbocycles. The number of pyridine rings is 1. The van der Waals surface area contributed by atoms with Gasteiger partial charge in [-0.1, -0.05) is 0 Å². The van der Waals surface area contributed by atoms with Crippen LogP contribution in [0.3, 0.4) is 0 Å². The predicted molar refractivity (Wildman–Crippen MR) is 95.3 cm³/mol. The molecule has 0 spiro atoms. The zero-order valence-electron chi connectivity index (χ0n) is 15.2. The van der Waals surface area contributed by atoms with Crippen LogP contribution in [0, 0.1) is 12.7 Å². The number of aromatic nitrogens is 1. The molecule has 1 aliphatic rings. The maximum absolute atomic E-state index is 15.2. The number of fused-ring (bicyclic) bond motifs is 1. The normalized spacial score (nSPS) is 17.5. The molecule has 0 radical (unpaired) electrons. The van der Waals surface area contributed by atoms with Crippen molar-refractivity contribution < 1.29 is 27.5 Å². The Balaban J connectivity index is 2.57. The van der Waals surface area contributed by atoms with E-state index < -0.39 is 51.1 Å². The molecular weight excluding hydrogens is 382 g/mol. The minimum atomic E-state index is -4.97. The van der Waals surface area contributed by atoms with Crippen molar-refractivity contribution in [3.05, 3.63) is 38.9 Å². The fraction of sp³-hybridized carbons (Fsp3) is 0.444. The average molecular weight is 401 g/mol. The van der Waals surface area contributed by atoms with Crippen molar-refractivity contribution in [2.45, 2.75) is 39.0 Å². The van der Waals surface area contributed by atoms with Crippen LogP contribution in [0.15, 0.2) is 11.0 Å². The van der Waals surface area contributed by atoms with E-state index in [1.807, 2.05) is 0 Å². The molecule has 0 amide bonds. The number of hydrogen-bond acceptors (Lipinski definition) is 4. The van der Waals surface area contributed by atoms with Gasteiger partial charge in [0.05, 0.1) is 16.6 Å². The van der Waals surface area contributed by atoms with Gasteiger partial charge in [-0.3, -0.25) is 4.79 Å². The Bertz CT molecular complexity index is 1030. The van der Waals surface area contributed by atoms with Crippen LogP contribution in [0.2, 0.25) is 0 Å². The molecule has 1 aromatic carbocycles. The van der Waals surface area contributed by atoms with Crippen molar-refractivity contribution >= 4 is 22.6 Å². The number of benzene rings is 1. The molecule has 0 saturated carbocycles. The van der Waals surface area contributed by atoms with Crippen LogP contribution in [0.4, 0.5) is 23.2 Å². The largest absolute Gasteiger partial charge is 0.477 e. The highest BCUT2D eigenvalue weighted by atomic mass is 19.4. The third kappa shape index (κ3) is 3.01. The van der Waals surface area contributed by atoms with Gasteiger partial charge in [-0.25, -0.2) is 9.18 Å². The number of halogens is 4. The first-order valence-corrected chi connectivity index (χ1v) is 8.69. The molecule has 152 valence electrons. The lowest BCUT2D eigenvalue weighted by Gasteiger charge is -2.27. The van der Waals surface area contributed by atoms with Crippen molar-refractivity contribution in [2.75, 3.05) is 18.0 Å². The fourth-order valence-corrected chi connectivity index (χ4v) is 3.75. The highest BCUT2D eigenvalue weighted by Crippen LogP contribution is 2.44. The van der Waals surface area contributed by atoms with Gasteiger partial charge in [0.2, 0.25) is 5.43 Å². The number of aromatic carboxylic acids is 1. The fourth-order valence-electron chi connectivity index (χ4n) is 3.75. The summed E-state index contributed by atoms with van der Waals surface area (Å²) < 4.78 is 58.5. The Morgan fingerprint density at radius 2 is 2.04 bits per heavy atom. The smallest absolute Gasteiger partial charge is 0.420 e. The van der Waals surface area contributed by atoms with Gasteiger partial charge in [-0.2, -0.15) is 13.2 Å². The number of alkyl halides is 3. The number of aryl methyl sites for hydroxylation is 2. The third-order valence-electron chi connectivity index (χ3n) is 5.06. The number of carboxylic acids is 1. The van der Waals surface area contributed by atoms with Crippen LogP contribution in [-0.4, -0.2) is 34.8 Å². The lowest BCUT2D eigenvalue weighted by molar-refractivity contribution is -0.136. The topological polar surface area (TPSA) is 88.6 Å². The van der Waals surface area contributed by atoms with Gasteiger partial charge in [0, 0.05) is 37.4 Å². The Labute approximate surface area is 157 Å². The van der Waals surface area contributed by atoms with Gasteiger partial charge in [0.15, 0.2) is 5.82 Å². The first-order chi connectivity index (χ1) is 13.0. The molecule has 1 atom stereocenters. The lowest BCUT2D eigenvalue weighted by atomic mass is 9.98. The highest BCUT2D eigenvalue weighted by Gasteiger charge is 2.42. The zero-order valence-corrected chi connectivity index (χ0v) is 15.2. The minimum Gasteiger partial charge on any atom is -0.477 e. The summed E-state index contributed by atoms with van der Waals surface area (Å²) in [6, 6.07) is -0.390. The van der Waals surface area contributed by atoms with E-state index in [4.69, 9.17) is 5.73 Å². The highest BCUT2D eigenvalue weighted by molar-refractivity contribution is 5.97. The Morgan fingerprint density at radius 1 is 1.39 bits per heavy atom. The maximum atomic E-state index is 15.2. The van der Waals surface area contributed by atoms with Gasteiger partial charge in [-0.15, -0.1) is 0 Å². The zero-order chi connectivity index (χ0) is 21.0. The van der Waals surface area contributed by atoms with Crippen molar-refractivity contribution in [2.24, 2.45) is 5.73 Å². The standard InChI is InChI=1S/C18H19F4N3O3/c1-3-24-7-10(17(27)28)16(26)11-8(2)13(19)15(25-5-4-9(23)6-25)12(14(11)24)18(20,21)22/h7,9H,3-6,23H2,1-2H3,(H,27,28). The maximum Gasteiger partial charge on any atom is 0.420 e. The summed E-state index contributed by atoms with van der Waals surface area (Å²) in [5.41, 5.74) is 1.19. The average Bonchev–Trinajstić information content (AvgIpc) is 3.02. The predicted octanol–water partition coefficient (Wildman–Crippen LogP) is 2.72. The molecule has 2 aromatic rings. The lowest BCUT2D eigenvalue weighted by Crippen LogP contribution is -2.31. The van der Waals surface area contributed by atoms with Gasteiger partial charge in [0.25, 0.3) is 0 Å². The molecule has 3 rings (SSSR count). The van der Waals surface area contributed by atoms with Gasteiger partial charge < -0.3 is 20.3 Å². The van der Waals surface area contributed by atoms with Crippen LogP contribution >= 0.6 is 0 Å². The van der Waals surface area contributed by atoms with Crippen LogP contribution in [-0.2, 0) is 12.7 Å². The Kier molecular flexibility index (Phi) is 4.86. The number of hydrogen-bond donors (Lipinski definition) is 2. The number of carbonyl (C=O) groups is 1. The van der Waals surface area contributed by atoms with Gasteiger partial charge in [0.1, 0.15) is 11.1 Å². The molecule has 0 bridgehead atoms. The summed E-state index contributed by atoms with van der Waals surface area (Å²) in [6.07, 6.45) is -3.69. The van der Waals surface area contributed by atoms with E-state index in [2.05, 4.69) is 0 Å². The summed E-state index contributed by atoms with van der Waals surface area (Å²) in [7, 11) is 0. The number of rotatable bonds is 3. The summed E-state index contributed by atoms with van der Waals surface area (Å²) in [5, 5.41) is 8.67. The first kappa shape index (κ1) is 20.1. The summed E-state index contributed by atoms with van der Waals surface area (Å²) >= 11 is 0. The summed E-state index contributed by atoms with van der Waals surface area (Å²) in [5.74, 6) is -2.77. The van der Waals surface area contributed by atoms with E-state index in [0.717, 1.165) is 10.8 Å². The van der Waals surface area contributed by atoms with E-state index in [-0.39, 0.29) is 31.2 Å². The van der Waals surface area contributed by atoms with E-state index in [9.17, 15) is 27.9 Å². The Hall–Kier alpha value is -2.62. The molecule has 1 aromatic heterocycles. The monoisotopic (exact) mass is 401 g/mol. The van der Waals surface area contributed by atoms with Crippen molar-refractivity contribution in [3.63, 3.8) is 0 Å². The summed E-state index contributed by atoms with van der Waals surface area (Å²) in [6.45, 7) is 2.86.